The first-order valence-electron chi connectivity index (χ1n) is 2.40. The van der Waals surface area contributed by atoms with E-state index < -0.39 is 0 Å². The van der Waals surface area contributed by atoms with Crippen molar-refractivity contribution in [3.63, 3.8) is 0 Å². The van der Waals surface area contributed by atoms with E-state index >= 15 is 0 Å². The van der Waals surface area contributed by atoms with Crippen LogP contribution in [0, 0.1) is 11.3 Å². The van der Waals surface area contributed by atoms with E-state index in [4.69, 9.17) is 5.26 Å². The van der Waals surface area contributed by atoms with Crippen molar-refractivity contribution in [3.8, 4) is 6.07 Å². The molecular weight excluding hydrogens is 86.1 g/mol. The topological polar surface area (TPSA) is 23.8 Å². The molecule has 0 aromatic rings. The Balaban J connectivity index is 3.68. The predicted molar refractivity (Wildman–Crippen MR) is 29.7 cm³/mol. The minimum Gasteiger partial charge on any atom is -0.193 e. The summed E-state index contributed by atoms with van der Waals surface area (Å²) in [7, 11) is 0. The zero-order valence-electron chi connectivity index (χ0n) is 4.73. The summed E-state index contributed by atoms with van der Waals surface area (Å²) in [6.07, 6.45) is 2.69. The average molecular weight is 95.1 g/mol. The van der Waals surface area contributed by atoms with Gasteiger partial charge in [-0.05, 0) is 13.3 Å². The summed E-state index contributed by atoms with van der Waals surface area (Å²) < 4.78 is 0. The first-order valence-corrected chi connectivity index (χ1v) is 2.40. The SMILES string of the molecule is C/C=C(/C#N)CC. The number of nitriles is 1. The normalized spacial score (nSPS) is 10.7. The molecule has 0 saturated heterocycles. The molecule has 0 atom stereocenters. The standard InChI is InChI=1S/C6H9N/c1-3-6(4-2)5-7/h3H,4H2,1-2H3/b6-3+. The second-order valence-electron chi connectivity index (χ2n) is 1.28. The number of allylic oxidation sites excluding steroid dienone is 2. The van der Waals surface area contributed by atoms with E-state index in [9.17, 15) is 0 Å². The summed E-state index contributed by atoms with van der Waals surface area (Å²) in [4.78, 5) is 0. The van der Waals surface area contributed by atoms with Crippen LogP contribution in [0.2, 0.25) is 0 Å². The molecule has 0 aromatic heterocycles. The van der Waals surface area contributed by atoms with Gasteiger partial charge in [-0.2, -0.15) is 5.26 Å². The Morgan fingerprint density at radius 2 is 2.43 bits per heavy atom. The fraction of sp³-hybridized carbons (Fsp3) is 0.500. The molecule has 0 spiro atoms. The lowest BCUT2D eigenvalue weighted by molar-refractivity contribution is 1.14. The molecule has 0 aliphatic carbocycles. The minimum atomic E-state index is 0.854. The maximum absolute atomic E-state index is 8.21. The molecule has 0 rings (SSSR count). The van der Waals surface area contributed by atoms with Crippen LogP contribution >= 0.6 is 0 Å². The van der Waals surface area contributed by atoms with Gasteiger partial charge < -0.3 is 0 Å². The molecular formula is C6H9N. The molecule has 0 saturated carbocycles. The van der Waals surface area contributed by atoms with E-state index in [0.717, 1.165) is 12.0 Å². The molecule has 0 bridgehead atoms. The van der Waals surface area contributed by atoms with E-state index in [1.807, 2.05) is 19.9 Å². The largest absolute Gasteiger partial charge is 0.193 e. The molecule has 1 heteroatoms. The molecule has 0 amide bonds. The third-order valence-corrected chi connectivity index (χ3v) is 0.873. The first kappa shape index (κ1) is 6.23. The van der Waals surface area contributed by atoms with Gasteiger partial charge in [0.2, 0.25) is 0 Å². The van der Waals surface area contributed by atoms with E-state index in [1.165, 1.54) is 0 Å². The van der Waals surface area contributed by atoms with Crippen LogP contribution in [0.5, 0.6) is 0 Å². The lowest BCUT2D eigenvalue weighted by Gasteiger charge is -1.81. The Morgan fingerprint density at radius 3 is 2.43 bits per heavy atom. The van der Waals surface area contributed by atoms with Crippen LogP contribution in [0.25, 0.3) is 0 Å². The van der Waals surface area contributed by atoms with Gasteiger partial charge in [0.15, 0.2) is 0 Å². The summed E-state index contributed by atoms with van der Waals surface area (Å²) in [5.74, 6) is 0. The minimum absolute atomic E-state index is 0.854. The monoisotopic (exact) mass is 95.1 g/mol. The Kier molecular flexibility index (Phi) is 3.04. The predicted octanol–water partition coefficient (Wildman–Crippen LogP) is 1.87. The van der Waals surface area contributed by atoms with Crippen molar-refractivity contribution in [1.29, 1.82) is 5.26 Å². The van der Waals surface area contributed by atoms with Crippen molar-refractivity contribution in [2.75, 3.05) is 0 Å². The highest BCUT2D eigenvalue weighted by atomic mass is 14.2. The van der Waals surface area contributed by atoms with Crippen molar-refractivity contribution >= 4 is 0 Å². The van der Waals surface area contributed by atoms with Crippen LogP contribution in [-0.4, -0.2) is 0 Å². The van der Waals surface area contributed by atoms with E-state index in [0.29, 0.717) is 0 Å². The molecule has 0 aromatic carbocycles. The number of hydrogen-bond acceptors (Lipinski definition) is 1. The summed E-state index contributed by atoms with van der Waals surface area (Å²) in [6.45, 7) is 3.85. The van der Waals surface area contributed by atoms with E-state index in [2.05, 4.69) is 6.07 Å². The van der Waals surface area contributed by atoms with Crippen LogP contribution in [0.1, 0.15) is 20.3 Å². The van der Waals surface area contributed by atoms with Gasteiger partial charge in [-0.25, -0.2) is 0 Å². The summed E-state index contributed by atoms with van der Waals surface area (Å²) in [6, 6.07) is 2.06. The molecule has 0 aliphatic rings. The number of rotatable bonds is 1. The maximum atomic E-state index is 8.21. The van der Waals surface area contributed by atoms with Crippen molar-refractivity contribution in [3.05, 3.63) is 11.6 Å². The molecule has 0 N–H and O–H groups in total. The molecule has 0 fully saturated rings. The third kappa shape index (κ3) is 1.99. The fourth-order valence-electron chi connectivity index (χ4n) is 0.348. The van der Waals surface area contributed by atoms with Crippen LogP contribution in [0.3, 0.4) is 0 Å². The summed E-state index contributed by atoms with van der Waals surface area (Å²) >= 11 is 0. The molecule has 38 valence electrons. The van der Waals surface area contributed by atoms with Gasteiger partial charge in [-0.1, -0.05) is 13.0 Å². The molecule has 0 heterocycles. The summed E-state index contributed by atoms with van der Waals surface area (Å²) in [5.41, 5.74) is 0.861. The molecule has 0 radical (unpaired) electrons. The smallest absolute Gasteiger partial charge is 0.0943 e. The molecule has 0 unspecified atom stereocenters. The second-order valence-corrected chi connectivity index (χ2v) is 1.28. The Labute approximate surface area is 44.3 Å². The zero-order valence-corrected chi connectivity index (χ0v) is 4.73. The van der Waals surface area contributed by atoms with Crippen molar-refractivity contribution < 1.29 is 0 Å². The Bertz CT molecular complexity index is 106. The highest BCUT2D eigenvalue weighted by Crippen LogP contribution is 1.94. The van der Waals surface area contributed by atoms with Gasteiger partial charge in [0.25, 0.3) is 0 Å². The highest BCUT2D eigenvalue weighted by molar-refractivity contribution is 5.18. The van der Waals surface area contributed by atoms with Crippen LogP contribution < -0.4 is 0 Å². The van der Waals surface area contributed by atoms with Crippen LogP contribution in [0.15, 0.2) is 11.6 Å². The first-order chi connectivity index (χ1) is 3.35. The average Bonchev–Trinajstić information content (AvgIpc) is 1.72. The van der Waals surface area contributed by atoms with Gasteiger partial charge in [-0.15, -0.1) is 0 Å². The Hall–Kier alpha value is -0.770. The number of hydrogen-bond donors (Lipinski definition) is 0. The third-order valence-electron chi connectivity index (χ3n) is 0.873. The second kappa shape index (κ2) is 3.42. The maximum Gasteiger partial charge on any atom is 0.0943 e. The summed E-state index contributed by atoms with van der Waals surface area (Å²) in [5, 5.41) is 8.21. The quantitative estimate of drug-likeness (QED) is 0.456. The molecule has 1 nitrogen and oxygen atoms in total. The fourth-order valence-corrected chi connectivity index (χ4v) is 0.348. The van der Waals surface area contributed by atoms with Gasteiger partial charge >= 0.3 is 0 Å². The van der Waals surface area contributed by atoms with Crippen molar-refractivity contribution in [1.82, 2.24) is 0 Å². The van der Waals surface area contributed by atoms with Crippen molar-refractivity contribution in [2.45, 2.75) is 20.3 Å². The van der Waals surface area contributed by atoms with E-state index in [-0.39, 0.29) is 0 Å². The Morgan fingerprint density at radius 1 is 1.86 bits per heavy atom. The van der Waals surface area contributed by atoms with Gasteiger partial charge in [0.05, 0.1) is 6.07 Å². The highest BCUT2D eigenvalue weighted by Gasteiger charge is 1.81. The lowest BCUT2D eigenvalue weighted by Crippen LogP contribution is -1.68. The number of nitrogens with zero attached hydrogens (tertiary/aromatic N) is 1. The molecule has 0 aliphatic heterocycles. The zero-order chi connectivity index (χ0) is 5.70. The van der Waals surface area contributed by atoms with Gasteiger partial charge in [0.1, 0.15) is 0 Å². The van der Waals surface area contributed by atoms with Crippen molar-refractivity contribution in [2.24, 2.45) is 0 Å². The molecule has 7 heavy (non-hydrogen) atoms. The van der Waals surface area contributed by atoms with Gasteiger partial charge in [-0.3, -0.25) is 0 Å². The van der Waals surface area contributed by atoms with Crippen LogP contribution in [-0.2, 0) is 0 Å². The van der Waals surface area contributed by atoms with E-state index in [1.54, 1.807) is 0 Å². The van der Waals surface area contributed by atoms with Gasteiger partial charge in [0, 0.05) is 5.57 Å². The lowest BCUT2D eigenvalue weighted by atomic mass is 10.2. The van der Waals surface area contributed by atoms with Crippen LogP contribution in [0.4, 0.5) is 0 Å².